The molecule has 3 aliphatic heterocycles. The van der Waals surface area contributed by atoms with Crippen LogP contribution in [0.15, 0.2) is 170 Å². The summed E-state index contributed by atoms with van der Waals surface area (Å²) in [5.41, 5.74) is 7.68. The SMILES string of the molecule is CC1[C@@H](OC2[C@@H](OCC3O[C@H](OCCCNC(=O)OCC4c5ccccc5-c5ccccc54)C(OC(=O)c4ccccc4)[C@@H](C)[C@@H]3C)OC(COCc3ccccc3)[C@@H](C)[C@@H]2C)OC(COP(=O)(OCc2ccccc2)OCc2ccccc2)[C@@H](C)[C@@H]1C. The molecule has 15 atom stereocenters. The molecule has 10 rings (SSSR count). The summed E-state index contributed by atoms with van der Waals surface area (Å²) in [5, 5.41) is 2.89. The molecule has 16 nitrogen and oxygen atoms in total. The van der Waals surface area contributed by atoms with Crippen LogP contribution >= 0.6 is 7.82 Å². The highest BCUT2D eigenvalue weighted by Gasteiger charge is 2.50. The zero-order valence-electron chi connectivity index (χ0n) is 51.5. The lowest BCUT2D eigenvalue weighted by Gasteiger charge is -2.49. The summed E-state index contributed by atoms with van der Waals surface area (Å²) < 4.78 is 92.4. The fraction of sp³-hybridized carbons (Fsp3) is 0.465. The zero-order chi connectivity index (χ0) is 61.6. The molecular weight excluding hydrogens is 1140 g/mol. The molecule has 6 unspecified atom stereocenters. The van der Waals surface area contributed by atoms with Crippen molar-refractivity contribution >= 4 is 19.9 Å². The van der Waals surface area contributed by atoms with Crippen molar-refractivity contribution in [1.29, 1.82) is 0 Å². The number of phosphoric ester groups is 1. The van der Waals surface area contributed by atoms with Crippen molar-refractivity contribution in [2.24, 2.45) is 41.4 Å². The summed E-state index contributed by atoms with van der Waals surface area (Å²) >= 11 is 0. The molecule has 470 valence electrons. The molecule has 3 fully saturated rings. The van der Waals surface area contributed by atoms with Crippen LogP contribution in [-0.2, 0) is 80.6 Å². The molecule has 0 spiro atoms. The summed E-state index contributed by atoms with van der Waals surface area (Å²) in [6, 6.07) is 54.3. The lowest BCUT2D eigenvalue weighted by atomic mass is 9.78. The van der Waals surface area contributed by atoms with Gasteiger partial charge in [0.2, 0.25) is 0 Å². The maximum Gasteiger partial charge on any atom is 0.475 e. The zero-order valence-corrected chi connectivity index (χ0v) is 52.4. The number of carbonyl (C=O) groups excluding carboxylic acids is 2. The van der Waals surface area contributed by atoms with Crippen LogP contribution in [-0.4, -0.2) is 101 Å². The van der Waals surface area contributed by atoms with Crippen LogP contribution in [0.1, 0.15) is 99.0 Å². The van der Waals surface area contributed by atoms with E-state index in [9.17, 15) is 14.2 Å². The van der Waals surface area contributed by atoms with Gasteiger partial charge in [-0.3, -0.25) is 13.6 Å². The number of ether oxygens (including phenoxy) is 9. The van der Waals surface area contributed by atoms with Crippen LogP contribution in [0, 0.1) is 41.4 Å². The number of fused-ring (bicyclic) bond motifs is 3. The van der Waals surface area contributed by atoms with Gasteiger partial charge in [0.05, 0.1) is 70.1 Å². The first kappa shape index (κ1) is 64.9. The third kappa shape index (κ3) is 16.4. The van der Waals surface area contributed by atoms with E-state index in [1.807, 2.05) is 128 Å². The van der Waals surface area contributed by atoms with E-state index < -0.39 is 63.2 Å². The number of esters is 1. The number of hydrogen-bond donors (Lipinski definition) is 1. The summed E-state index contributed by atoms with van der Waals surface area (Å²) in [6.07, 6.45) is -5.61. The number of alkyl carbamates (subject to hydrolysis) is 1. The molecule has 1 aliphatic carbocycles. The van der Waals surface area contributed by atoms with Crippen molar-refractivity contribution in [1.82, 2.24) is 5.32 Å². The molecule has 0 bridgehead atoms. The standard InChI is InChI=1S/C71H86NO15P/c1-46-47(2)64(45-82-88(75,80-40-54-27-14-9-15-28-54)81-41-55-29-16-10-17-30-55)83-68(52(46)7)87-66-51(6)48(3)62(43-76-39-53-25-12-8-13-26-53)84-70(66)78-44-63-49(4)50(5)65(86-67(73)56-31-18-11-19-32-56)69(85-63)77-38-24-37-72-71(74)79-42-61-59-35-22-20-33-57(59)58-34-21-23-36-60(58)61/h8-23,25-36,46-52,61-66,68-70H,24,37-45H2,1-7H3,(H,72,74)/t46-,47-,48-,49-,50-,51-,52?,62?,63?,64?,65?,66?,68+,69-,70-/m0/s1. The summed E-state index contributed by atoms with van der Waals surface area (Å²) in [5.74, 6) is -1.18. The minimum absolute atomic E-state index is 0.0232. The van der Waals surface area contributed by atoms with Crippen molar-refractivity contribution < 1.29 is 70.4 Å². The van der Waals surface area contributed by atoms with Crippen LogP contribution in [0.3, 0.4) is 0 Å². The van der Waals surface area contributed by atoms with Crippen LogP contribution in [0.5, 0.6) is 0 Å². The van der Waals surface area contributed by atoms with Crippen molar-refractivity contribution in [3.63, 3.8) is 0 Å². The predicted octanol–water partition coefficient (Wildman–Crippen LogP) is 14.0. The van der Waals surface area contributed by atoms with E-state index in [1.165, 1.54) is 0 Å². The Morgan fingerprint density at radius 1 is 0.466 bits per heavy atom. The quantitative estimate of drug-likeness (QED) is 0.0293. The second-order valence-corrected chi connectivity index (χ2v) is 25.7. The third-order valence-corrected chi connectivity index (χ3v) is 19.8. The van der Waals surface area contributed by atoms with Gasteiger partial charge >= 0.3 is 19.9 Å². The van der Waals surface area contributed by atoms with Gasteiger partial charge in [0.1, 0.15) is 12.7 Å². The molecular formula is C71H86NO15P. The summed E-state index contributed by atoms with van der Waals surface area (Å²) in [4.78, 5) is 26.9. The van der Waals surface area contributed by atoms with Gasteiger partial charge in [0, 0.05) is 24.3 Å². The Morgan fingerprint density at radius 3 is 1.53 bits per heavy atom. The van der Waals surface area contributed by atoms with E-state index in [1.54, 1.807) is 24.3 Å². The van der Waals surface area contributed by atoms with Crippen LogP contribution in [0.4, 0.5) is 4.79 Å². The molecule has 88 heavy (non-hydrogen) atoms. The van der Waals surface area contributed by atoms with Gasteiger partial charge in [-0.1, -0.05) is 206 Å². The molecule has 4 aliphatic rings. The Hall–Kier alpha value is -6.11. The number of nitrogens with one attached hydrogen (secondary N) is 1. The van der Waals surface area contributed by atoms with E-state index in [0.717, 1.165) is 38.9 Å². The molecule has 1 amide bonds. The largest absolute Gasteiger partial charge is 0.475 e. The molecule has 6 aromatic carbocycles. The van der Waals surface area contributed by atoms with Gasteiger partial charge in [-0.25, -0.2) is 14.2 Å². The highest BCUT2D eigenvalue weighted by Crippen LogP contribution is 2.52. The number of hydrogen-bond acceptors (Lipinski definition) is 15. The van der Waals surface area contributed by atoms with Gasteiger partial charge in [0.25, 0.3) is 0 Å². The van der Waals surface area contributed by atoms with E-state index >= 15 is 0 Å². The van der Waals surface area contributed by atoms with Gasteiger partial charge in [-0.15, -0.1) is 0 Å². The average molecular weight is 1220 g/mol. The third-order valence-electron chi connectivity index (χ3n) is 18.4. The number of amides is 1. The Morgan fingerprint density at radius 2 is 0.943 bits per heavy atom. The van der Waals surface area contributed by atoms with E-state index in [0.29, 0.717) is 25.2 Å². The molecule has 3 heterocycles. The first-order chi connectivity index (χ1) is 42.7. The first-order valence-electron chi connectivity index (χ1n) is 31.2. The predicted molar refractivity (Wildman–Crippen MR) is 332 cm³/mol. The Labute approximate surface area is 518 Å². The minimum atomic E-state index is -4.13. The highest BCUT2D eigenvalue weighted by atomic mass is 31.2. The van der Waals surface area contributed by atoms with E-state index in [4.69, 9.17) is 56.2 Å². The number of benzene rings is 6. The fourth-order valence-corrected chi connectivity index (χ4v) is 13.3. The van der Waals surface area contributed by atoms with E-state index in [-0.39, 0.29) is 99.6 Å². The van der Waals surface area contributed by atoms with Crippen molar-refractivity contribution in [3.8, 4) is 11.1 Å². The topological polar surface area (TPSA) is 174 Å². The molecule has 0 saturated carbocycles. The molecule has 17 heteroatoms. The molecule has 0 radical (unpaired) electrons. The lowest BCUT2D eigenvalue weighted by molar-refractivity contribution is -0.348. The van der Waals surface area contributed by atoms with Gasteiger partial charge in [-0.05, 0) is 87.1 Å². The van der Waals surface area contributed by atoms with Crippen molar-refractivity contribution in [2.45, 2.75) is 130 Å². The van der Waals surface area contributed by atoms with Crippen molar-refractivity contribution in [2.75, 3.05) is 39.6 Å². The van der Waals surface area contributed by atoms with Gasteiger partial charge in [0.15, 0.2) is 25.0 Å². The first-order valence-corrected chi connectivity index (χ1v) is 32.6. The molecule has 6 aromatic rings. The maximum atomic E-state index is 14.5. The average Bonchev–Trinajstić information content (AvgIpc) is 2.85. The second kappa shape index (κ2) is 31.1. The molecule has 1 N–H and O–H groups in total. The number of rotatable bonds is 27. The Bertz CT molecular complexity index is 3090. The second-order valence-electron chi connectivity index (χ2n) is 24.1. The number of phosphoric acid groups is 1. The summed E-state index contributed by atoms with van der Waals surface area (Å²) in [7, 11) is -4.13. The van der Waals surface area contributed by atoms with Crippen LogP contribution in [0.25, 0.3) is 11.1 Å². The fourth-order valence-electron chi connectivity index (χ4n) is 12.2. The van der Waals surface area contributed by atoms with E-state index in [2.05, 4.69) is 71.1 Å². The highest BCUT2D eigenvalue weighted by molar-refractivity contribution is 7.48. The number of carbonyl (C=O) groups is 2. The normalized spacial score (nSPS) is 27.9. The lowest BCUT2D eigenvalue weighted by Crippen LogP contribution is -2.57. The maximum absolute atomic E-state index is 14.5. The Kier molecular flexibility index (Phi) is 22.9. The van der Waals surface area contributed by atoms with Crippen LogP contribution < -0.4 is 5.32 Å². The smallest absolute Gasteiger partial charge is 0.453 e. The van der Waals surface area contributed by atoms with Gasteiger partial charge < -0.3 is 47.9 Å². The van der Waals surface area contributed by atoms with Gasteiger partial charge in [-0.2, -0.15) is 0 Å². The van der Waals surface area contributed by atoms with Crippen molar-refractivity contribution in [3.05, 3.63) is 203 Å². The Balaban J connectivity index is 0.811. The van der Waals surface area contributed by atoms with Crippen LogP contribution in [0.2, 0.25) is 0 Å². The minimum Gasteiger partial charge on any atom is -0.453 e. The summed E-state index contributed by atoms with van der Waals surface area (Å²) in [6.45, 7) is 16.2. The molecule has 0 aromatic heterocycles. The molecule has 3 saturated heterocycles. The monoisotopic (exact) mass is 1220 g/mol.